The fourth-order valence-corrected chi connectivity index (χ4v) is 3.20. The van der Waals surface area contributed by atoms with E-state index < -0.39 is 6.03 Å². The Balaban J connectivity index is 1.71. The first kappa shape index (κ1) is 18.6. The number of amides is 2. The Hall–Kier alpha value is -3.72. The Kier molecular flexibility index (Phi) is 4.73. The van der Waals surface area contributed by atoms with Gasteiger partial charge in [0, 0.05) is 34.9 Å². The maximum atomic E-state index is 12.3. The van der Waals surface area contributed by atoms with Crippen LogP contribution in [0.3, 0.4) is 0 Å². The van der Waals surface area contributed by atoms with E-state index in [1.807, 2.05) is 13.0 Å². The van der Waals surface area contributed by atoms with Gasteiger partial charge in [-0.05, 0) is 31.5 Å². The minimum Gasteiger partial charge on any atom is -0.383 e. The first-order chi connectivity index (χ1) is 13.9. The molecule has 5 N–H and O–H groups in total. The van der Waals surface area contributed by atoms with Gasteiger partial charge in [0.1, 0.15) is 11.6 Å². The van der Waals surface area contributed by atoms with Crippen LogP contribution in [0, 0.1) is 13.8 Å². The van der Waals surface area contributed by atoms with Crippen LogP contribution in [0.4, 0.5) is 22.1 Å². The number of H-pyrrole nitrogens is 1. The van der Waals surface area contributed by atoms with E-state index >= 15 is 0 Å². The molecule has 0 fully saturated rings. The van der Waals surface area contributed by atoms with Gasteiger partial charge in [0.25, 0.3) is 0 Å². The van der Waals surface area contributed by atoms with Gasteiger partial charge < -0.3 is 11.1 Å². The van der Waals surface area contributed by atoms with Crippen LogP contribution in [0.25, 0.3) is 22.0 Å². The van der Waals surface area contributed by atoms with Gasteiger partial charge in [-0.25, -0.2) is 14.8 Å². The number of aryl methyl sites for hydroxylation is 2. The Morgan fingerprint density at radius 1 is 1.17 bits per heavy atom. The number of urea groups is 1. The maximum Gasteiger partial charge on any atom is 0.324 e. The third-order valence-electron chi connectivity index (χ3n) is 4.47. The quantitative estimate of drug-likeness (QED) is 0.406. The largest absolute Gasteiger partial charge is 0.383 e. The molecule has 0 bridgehead atoms. The van der Waals surface area contributed by atoms with Crippen LogP contribution in [0.15, 0.2) is 36.9 Å². The smallest absolute Gasteiger partial charge is 0.324 e. The number of nitrogens with one attached hydrogen (secondary N) is 3. The van der Waals surface area contributed by atoms with E-state index in [1.165, 1.54) is 12.4 Å². The van der Waals surface area contributed by atoms with E-state index in [4.69, 9.17) is 17.3 Å². The van der Waals surface area contributed by atoms with Gasteiger partial charge in [0.05, 0.1) is 28.3 Å². The highest BCUT2D eigenvalue weighted by Crippen LogP contribution is 2.36. The normalized spacial score (nSPS) is 10.9. The third-order valence-corrected chi connectivity index (χ3v) is 4.85. The number of nitrogens with two attached hydrogens (primary N) is 1. The number of hydrogen-bond acceptors (Lipinski definition) is 6. The number of carbonyl (C=O) groups is 1. The zero-order valence-corrected chi connectivity index (χ0v) is 16.4. The monoisotopic (exact) mass is 408 g/mol. The molecule has 0 aromatic carbocycles. The van der Waals surface area contributed by atoms with Crippen LogP contribution in [-0.4, -0.2) is 31.2 Å². The molecule has 0 radical (unpaired) electrons. The topological polar surface area (TPSA) is 134 Å². The molecule has 29 heavy (non-hydrogen) atoms. The molecule has 4 heterocycles. The lowest BCUT2D eigenvalue weighted by Crippen LogP contribution is -2.20. The summed E-state index contributed by atoms with van der Waals surface area (Å²) in [6.07, 6.45) is 6.44. The standard InChI is InChI=1S/C19H17ClN8O/c1-9-3-4-22-6-12(9)17-16(20)11-5-15(23-7-13(11)18(21)27-17)26-19(29)25-14-8-24-28-10(14)2/h3-8H,1-2H3,(H2,21,27)(H,24,28)(H2,23,25,26,29). The second-order valence-electron chi connectivity index (χ2n) is 6.45. The first-order valence-corrected chi connectivity index (χ1v) is 9.05. The molecule has 0 aliphatic carbocycles. The molecule has 4 aromatic rings. The fourth-order valence-electron chi connectivity index (χ4n) is 2.90. The van der Waals surface area contributed by atoms with Gasteiger partial charge in [-0.15, -0.1) is 0 Å². The van der Waals surface area contributed by atoms with Crippen LogP contribution in [0.1, 0.15) is 11.3 Å². The molecule has 0 atom stereocenters. The van der Waals surface area contributed by atoms with Crippen molar-refractivity contribution in [2.24, 2.45) is 0 Å². The Labute approximate surface area is 170 Å². The van der Waals surface area contributed by atoms with Crippen LogP contribution in [-0.2, 0) is 0 Å². The number of halogens is 1. The highest BCUT2D eigenvalue weighted by molar-refractivity contribution is 6.38. The van der Waals surface area contributed by atoms with Crippen molar-refractivity contribution in [2.45, 2.75) is 13.8 Å². The molecule has 4 rings (SSSR count). The number of pyridine rings is 3. The highest BCUT2D eigenvalue weighted by Gasteiger charge is 2.16. The molecule has 0 saturated carbocycles. The Morgan fingerprint density at radius 2 is 2.00 bits per heavy atom. The number of carbonyl (C=O) groups excluding carboxylic acids is 1. The summed E-state index contributed by atoms with van der Waals surface area (Å²) in [6.45, 7) is 3.74. The molecule has 146 valence electrons. The number of anilines is 3. The number of hydrogen-bond donors (Lipinski definition) is 4. The number of aromatic amines is 1. The summed E-state index contributed by atoms with van der Waals surface area (Å²) in [7, 11) is 0. The van der Waals surface area contributed by atoms with Crippen LogP contribution < -0.4 is 16.4 Å². The number of nitrogen functional groups attached to an aromatic ring is 1. The lowest BCUT2D eigenvalue weighted by Gasteiger charge is -2.12. The minimum atomic E-state index is -0.456. The van der Waals surface area contributed by atoms with Crippen molar-refractivity contribution in [1.82, 2.24) is 25.1 Å². The van der Waals surface area contributed by atoms with Crippen molar-refractivity contribution >= 4 is 45.7 Å². The average Bonchev–Trinajstić information content (AvgIpc) is 3.09. The van der Waals surface area contributed by atoms with Crippen molar-refractivity contribution in [2.75, 3.05) is 16.4 Å². The van der Waals surface area contributed by atoms with Gasteiger partial charge in [-0.2, -0.15) is 5.10 Å². The predicted octanol–water partition coefficient (Wildman–Crippen LogP) is 3.91. The molecule has 0 spiro atoms. The lowest BCUT2D eigenvalue weighted by atomic mass is 10.1. The molecule has 9 nitrogen and oxygen atoms in total. The number of fused-ring (bicyclic) bond motifs is 1. The number of rotatable bonds is 3. The van der Waals surface area contributed by atoms with Crippen molar-refractivity contribution in [3.05, 3.63) is 53.2 Å². The maximum absolute atomic E-state index is 12.3. The van der Waals surface area contributed by atoms with Gasteiger partial charge in [0.2, 0.25) is 0 Å². The summed E-state index contributed by atoms with van der Waals surface area (Å²) in [5.41, 5.74) is 9.72. The summed E-state index contributed by atoms with van der Waals surface area (Å²) in [5.74, 6) is 0.609. The number of aromatic nitrogens is 5. The lowest BCUT2D eigenvalue weighted by molar-refractivity contribution is 0.262. The molecule has 0 aliphatic rings. The van der Waals surface area contributed by atoms with E-state index in [-0.39, 0.29) is 0 Å². The zero-order valence-electron chi connectivity index (χ0n) is 15.6. The minimum absolute atomic E-state index is 0.292. The molecular weight excluding hydrogens is 392 g/mol. The zero-order chi connectivity index (χ0) is 20.5. The van der Waals surface area contributed by atoms with E-state index in [9.17, 15) is 4.79 Å². The van der Waals surface area contributed by atoms with E-state index in [0.717, 1.165) is 16.8 Å². The van der Waals surface area contributed by atoms with Crippen LogP contribution in [0.2, 0.25) is 5.02 Å². The molecule has 0 unspecified atom stereocenters. The van der Waals surface area contributed by atoms with Crippen LogP contribution >= 0.6 is 11.6 Å². The molecular formula is C19H17ClN8O. The van der Waals surface area contributed by atoms with Gasteiger partial charge in [-0.3, -0.25) is 15.4 Å². The van der Waals surface area contributed by atoms with Crippen molar-refractivity contribution in [3.8, 4) is 11.3 Å². The summed E-state index contributed by atoms with van der Waals surface area (Å²) in [4.78, 5) is 25.1. The molecule has 0 saturated heterocycles. The summed E-state index contributed by atoms with van der Waals surface area (Å²) in [5, 5.41) is 13.6. The molecule has 10 heteroatoms. The van der Waals surface area contributed by atoms with Crippen molar-refractivity contribution in [1.29, 1.82) is 0 Å². The van der Waals surface area contributed by atoms with Gasteiger partial charge >= 0.3 is 6.03 Å². The molecule has 4 aromatic heterocycles. The average molecular weight is 409 g/mol. The van der Waals surface area contributed by atoms with E-state index in [0.29, 0.717) is 38.8 Å². The van der Waals surface area contributed by atoms with E-state index in [2.05, 4.69) is 35.8 Å². The van der Waals surface area contributed by atoms with Crippen molar-refractivity contribution in [3.63, 3.8) is 0 Å². The van der Waals surface area contributed by atoms with Gasteiger partial charge in [-0.1, -0.05) is 11.6 Å². The highest BCUT2D eigenvalue weighted by atomic mass is 35.5. The third kappa shape index (κ3) is 3.55. The second-order valence-corrected chi connectivity index (χ2v) is 6.83. The van der Waals surface area contributed by atoms with E-state index in [1.54, 1.807) is 25.4 Å². The van der Waals surface area contributed by atoms with Crippen molar-refractivity contribution < 1.29 is 4.79 Å². The summed E-state index contributed by atoms with van der Waals surface area (Å²) in [6, 6.07) is 3.07. The Morgan fingerprint density at radius 3 is 2.72 bits per heavy atom. The van der Waals surface area contributed by atoms with Gasteiger partial charge in [0.15, 0.2) is 0 Å². The molecule has 2 amide bonds. The number of nitrogens with zero attached hydrogens (tertiary/aromatic N) is 4. The summed E-state index contributed by atoms with van der Waals surface area (Å²) < 4.78 is 0. The fraction of sp³-hybridized carbons (Fsp3) is 0.105. The molecule has 0 aliphatic heterocycles. The second kappa shape index (κ2) is 7.36. The Bertz CT molecular complexity index is 1240. The summed E-state index contributed by atoms with van der Waals surface area (Å²) >= 11 is 6.65. The first-order valence-electron chi connectivity index (χ1n) is 8.67. The SMILES string of the molecule is Cc1ccncc1-c1nc(N)c2cnc(NC(=O)Nc3cn[nH]c3C)cc2c1Cl. The predicted molar refractivity (Wildman–Crippen MR) is 113 cm³/mol. The van der Waals surface area contributed by atoms with Crippen LogP contribution in [0.5, 0.6) is 0 Å².